The van der Waals surface area contributed by atoms with E-state index in [0.717, 1.165) is 23.5 Å². The highest BCUT2D eigenvalue weighted by molar-refractivity contribution is 7.91. The lowest BCUT2D eigenvalue weighted by Crippen LogP contribution is -2.16. The van der Waals surface area contributed by atoms with Gasteiger partial charge in [0, 0.05) is 11.5 Å². The Labute approximate surface area is 156 Å². The van der Waals surface area contributed by atoms with Crippen LogP contribution >= 0.6 is 11.5 Å². The highest BCUT2D eigenvalue weighted by Gasteiger charge is 2.25. The largest absolute Gasteiger partial charge is 0.296 e. The molecule has 136 valence electrons. The third-order valence-electron chi connectivity index (χ3n) is 3.57. The highest BCUT2D eigenvalue weighted by Crippen LogP contribution is 2.19. The first-order valence-corrected chi connectivity index (χ1v) is 10.2. The van der Waals surface area contributed by atoms with Gasteiger partial charge in [0.25, 0.3) is 11.1 Å². The molecule has 0 aliphatic rings. The van der Waals surface area contributed by atoms with Crippen molar-refractivity contribution in [3.63, 3.8) is 0 Å². The maximum Gasteiger partial charge on any atom is 0.268 e. The molecule has 2 rings (SSSR count). The maximum absolute atomic E-state index is 12.3. The number of hydrogen-bond acceptors (Lipinski definition) is 7. The Morgan fingerprint density at radius 1 is 1.35 bits per heavy atom. The number of nitriles is 1. The molecule has 26 heavy (non-hydrogen) atoms. The summed E-state index contributed by atoms with van der Waals surface area (Å²) in [5.41, 5.74) is 1.75. The summed E-state index contributed by atoms with van der Waals surface area (Å²) in [4.78, 5) is 16.1. The number of sulfone groups is 1. The minimum absolute atomic E-state index is 0.0247. The molecule has 9 heteroatoms. The summed E-state index contributed by atoms with van der Waals surface area (Å²) in [6.45, 7) is 5.08. The lowest BCUT2D eigenvalue weighted by Gasteiger charge is -2.02. The van der Waals surface area contributed by atoms with Gasteiger partial charge in [0.05, 0.1) is 5.25 Å². The molecular formula is C17H18N4O3S2. The number of amides is 1. The Morgan fingerprint density at radius 2 is 2.00 bits per heavy atom. The van der Waals surface area contributed by atoms with E-state index < -0.39 is 21.0 Å². The molecule has 0 atom stereocenters. The fourth-order valence-electron chi connectivity index (χ4n) is 1.92. The van der Waals surface area contributed by atoms with Crippen molar-refractivity contribution < 1.29 is 13.2 Å². The molecule has 0 fully saturated rings. The zero-order chi connectivity index (χ0) is 19.3. The first-order chi connectivity index (χ1) is 12.3. The molecular weight excluding hydrogens is 372 g/mol. The minimum Gasteiger partial charge on any atom is -0.296 e. The summed E-state index contributed by atoms with van der Waals surface area (Å²) >= 11 is 0.752. The van der Waals surface area contributed by atoms with Gasteiger partial charge in [-0.05, 0) is 37.5 Å². The normalized spacial score (nSPS) is 12.0. The quantitative estimate of drug-likeness (QED) is 0.599. The third kappa shape index (κ3) is 4.53. The van der Waals surface area contributed by atoms with Crippen molar-refractivity contribution in [3.8, 4) is 6.07 Å². The molecule has 0 aliphatic carbocycles. The molecule has 0 saturated carbocycles. The van der Waals surface area contributed by atoms with Crippen molar-refractivity contribution in [1.29, 1.82) is 5.26 Å². The molecule has 0 radical (unpaired) electrons. The van der Waals surface area contributed by atoms with Gasteiger partial charge in [0.1, 0.15) is 11.6 Å². The number of nitrogens with zero attached hydrogens (tertiary/aromatic N) is 3. The van der Waals surface area contributed by atoms with Crippen LogP contribution < -0.4 is 5.32 Å². The van der Waals surface area contributed by atoms with Crippen LogP contribution in [0.2, 0.25) is 0 Å². The minimum atomic E-state index is -3.62. The summed E-state index contributed by atoms with van der Waals surface area (Å²) in [5, 5.41) is 10.7. The number of rotatable bonds is 6. The van der Waals surface area contributed by atoms with Crippen LogP contribution in [0.25, 0.3) is 6.08 Å². The number of benzene rings is 1. The SMILES string of the molecule is CCc1ccc(/C=C(/C#N)C(=O)Nc2nc(S(=O)(=O)C(C)C)ns2)cc1. The second kappa shape index (κ2) is 8.21. The van der Waals surface area contributed by atoms with Gasteiger partial charge >= 0.3 is 0 Å². The van der Waals surface area contributed by atoms with Crippen LogP contribution in [0.3, 0.4) is 0 Å². The van der Waals surface area contributed by atoms with Crippen LogP contribution in [0.1, 0.15) is 31.9 Å². The van der Waals surface area contributed by atoms with E-state index in [4.69, 9.17) is 0 Å². The fourth-order valence-corrected chi connectivity index (χ4v) is 3.61. The fraction of sp³-hybridized carbons (Fsp3) is 0.294. The number of nitrogens with one attached hydrogen (secondary N) is 1. The zero-order valence-electron chi connectivity index (χ0n) is 14.6. The number of aromatic nitrogens is 2. The van der Waals surface area contributed by atoms with E-state index in [1.165, 1.54) is 19.9 Å². The van der Waals surface area contributed by atoms with Gasteiger partial charge < -0.3 is 0 Å². The molecule has 7 nitrogen and oxygen atoms in total. The Balaban J connectivity index is 2.18. The predicted molar refractivity (Wildman–Crippen MR) is 100 cm³/mol. The third-order valence-corrected chi connectivity index (χ3v) is 6.25. The van der Waals surface area contributed by atoms with Gasteiger partial charge in [-0.25, -0.2) is 8.42 Å². The van der Waals surface area contributed by atoms with Crippen LogP contribution in [0.5, 0.6) is 0 Å². The molecule has 0 saturated heterocycles. The molecule has 2 aromatic rings. The molecule has 1 N–H and O–H groups in total. The van der Waals surface area contributed by atoms with Crippen molar-refractivity contribution in [2.45, 2.75) is 37.6 Å². The summed E-state index contributed by atoms with van der Waals surface area (Å²) < 4.78 is 27.8. The van der Waals surface area contributed by atoms with Crippen LogP contribution in [-0.2, 0) is 21.1 Å². The van der Waals surface area contributed by atoms with Gasteiger partial charge in [0.15, 0.2) is 0 Å². The summed E-state index contributed by atoms with van der Waals surface area (Å²) in [7, 11) is -3.62. The molecule has 1 aromatic carbocycles. The summed E-state index contributed by atoms with van der Waals surface area (Å²) in [5.74, 6) is -0.670. The van der Waals surface area contributed by atoms with Gasteiger partial charge in [-0.1, -0.05) is 31.2 Å². The van der Waals surface area contributed by atoms with Gasteiger partial charge in [-0.15, -0.1) is 0 Å². The molecule has 1 heterocycles. The second-order valence-electron chi connectivity index (χ2n) is 5.69. The van der Waals surface area contributed by atoms with Crippen molar-refractivity contribution in [2.24, 2.45) is 0 Å². The van der Waals surface area contributed by atoms with Gasteiger partial charge in [0.2, 0.25) is 15.0 Å². The summed E-state index contributed by atoms with van der Waals surface area (Å²) in [6, 6.07) is 9.33. The Bertz CT molecular complexity index is 968. The lowest BCUT2D eigenvalue weighted by atomic mass is 10.1. The van der Waals surface area contributed by atoms with Crippen molar-refractivity contribution >= 4 is 38.5 Å². The van der Waals surface area contributed by atoms with Gasteiger partial charge in [-0.2, -0.15) is 14.6 Å². The molecule has 1 amide bonds. The smallest absolute Gasteiger partial charge is 0.268 e. The molecule has 1 aromatic heterocycles. The first-order valence-electron chi connectivity index (χ1n) is 7.87. The number of carbonyl (C=O) groups excluding carboxylic acids is 1. The van der Waals surface area contributed by atoms with E-state index in [2.05, 4.69) is 14.7 Å². The Morgan fingerprint density at radius 3 is 2.54 bits per heavy atom. The van der Waals surface area contributed by atoms with Crippen molar-refractivity contribution in [2.75, 3.05) is 5.32 Å². The molecule has 0 aliphatic heterocycles. The van der Waals surface area contributed by atoms with Crippen LogP contribution in [-0.4, -0.2) is 28.9 Å². The average Bonchev–Trinajstić information content (AvgIpc) is 3.09. The summed E-state index contributed by atoms with van der Waals surface area (Å²) in [6.07, 6.45) is 2.36. The lowest BCUT2D eigenvalue weighted by molar-refractivity contribution is -0.112. The number of carbonyl (C=O) groups is 1. The van der Waals surface area contributed by atoms with Crippen LogP contribution in [0, 0.1) is 11.3 Å². The zero-order valence-corrected chi connectivity index (χ0v) is 16.2. The number of aryl methyl sites for hydroxylation is 1. The van der Waals surface area contributed by atoms with E-state index in [1.54, 1.807) is 0 Å². The van der Waals surface area contributed by atoms with E-state index in [0.29, 0.717) is 5.56 Å². The number of hydrogen-bond donors (Lipinski definition) is 1. The molecule has 0 bridgehead atoms. The van der Waals surface area contributed by atoms with E-state index in [-0.39, 0.29) is 15.9 Å². The monoisotopic (exact) mass is 390 g/mol. The van der Waals surface area contributed by atoms with E-state index >= 15 is 0 Å². The van der Waals surface area contributed by atoms with E-state index in [1.807, 2.05) is 37.3 Å². The number of anilines is 1. The van der Waals surface area contributed by atoms with Crippen LogP contribution in [0.15, 0.2) is 35.0 Å². The average molecular weight is 390 g/mol. The maximum atomic E-state index is 12.3. The predicted octanol–water partition coefficient (Wildman–Crippen LogP) is 2.83. The Kier molecular flexibility index (Phi) is 6.23. The topological polar surface area (TPSA) is 113 Å². The van der Waals surface area contributed by atoms with E-state index in [9.17, 15) is 18.5 Å². The molecule has 0 spiro atoms. The van der Waals surface area contributed by atoms with Crippen molar-refractivity contribution in [3.05, 3.63) is 41.0 Å². The Hall–Kier alpha value is -2.57. The highest BCUT2D eigenvalue weighted by atomic mass is 32.2. The standard InChI is InChI=1S/C17H18N4O3S2/c1-4-12-5-7-13(8-6-12)9-14(10-18)15(22)19-16-20-17(21-25-16)26(23,24)11(2)3/h5-9,11H,4H2,1-3H3,(H,19,20,21,22)/b14-9-. The van der Waals surface area contributed by atoms with Crippen molar-refractivity contribution in [1.82, 2.24) is 9.36 Å². The first kappa shape index (κ1) is 19.8. The second-order valence-corrected chi connectivity index (χ2v) is 8.84. The van der Waals surface area contributed by atoms with Crippen LogP contribution in [0.4, 0.5) is 5.13 Å². The van der Waals surface area contributed by atoms with Gasteiger partial charge in [-0.3, -0.25) is 10.1 Å². The molecule has 0 unspecified atom stereocenters.